The van der Waals surface area contributed by atoms with Crippen LogP contribution in [-0.4, -0.2) is 81.6 Å². The van der Waals surface area contributed by atoms with E-state index in [1.54, 1.807) is 0 Å². The number of esters is 1. The summed E-state index contributed by atoms with van der Waals surface area (Å²) in [7, 11) is -3.89. The van der Waals surface area contributed by atoms with Crippen molar-refractivity contribution < 1.29 is 42.8 Å². The fourth-order valence-electron chi connectivity index (χ4n) is 3.22. The van der Waals surface area contributed by atoms with Gasteiger partial charge in [-0.3, -0.25) is 4.79 Å². The number of nitrogens with two attached hydrogens (primary N) is 1. The highest BCUT2D eigenvalue weighted by Gasteiger charge is 2.46. The number of hydrogen-bond donors (Lipinski definition) is 5. The highest BCUT2D eigenvalue weighted by molar-refractivity contribution is 7.89. The first kappa shape index (κ1) is 24.7. The number of ether oxygens (including phenoxy) is 2. The van der Waals surface area contributed by atoms with Crippen LogP contribution in [0.5, 0.6) is 0 Å². The van der Waals surface area contributed by atoms with Gasteiger partial charge in [-0.15, -0.1) is 5.10 Å². The molecule has 180 valence electrons. The number of aliphatic hydroxyl groups excluding tert-OH is 3. The van der Waals surface area contributed by atoms with Gasteiger partial charge >= 0.3 is 5.97 Å². The van der Waals surface area contributed by atoms with E-state index in [9.17, 15) is 33.3 Å². The topological polar surface area (TPSA) is 216 Å². The van der Waals surface area contributed by atoms with E-state index in [1.165, 1.54) is 37.4 Å². The Balaban J connectivity index is 1.70. The second-order valence-electron chi connectivity index (χ2n) is 7.29. The van der Waals surface area contributed by atoms with Crippen LogP contribution >= 0.6 is 0 Å². The number of carbonyl (C=O) groups excluding carboxylic acids is 2. The number of amides is 1. The largest absolute Gasteiger partial charge is 0.455 e. The molecule has 33 heavy (non-hydrogen) atoms. The van der Waals surface area contributed by atoms with Crippen molar-refractivity contribution in [3.8, 4) is 0 Å². The van der Waals surface area contributed by atoms with Gasteiger partial charge in [-0.2, -0.15) is 0 Å². The predicted molar refractivity (Wildman–Crippen MR) is 108 cm³/mol. The Morgan fingerprint density at radius 2 is 1.91 bits per heavy atom. The molecule has 0 unspecified atom stereocenters. The SMILES string of the molecule is CC(=O)N[C@@H]1[C@@H](O)[C@H](O)[C@@H](CO)O[C@H]1n1cc(COC(=O)c2ccc(S(N)(=O)=O)cc2)nn1. The van der Waals surface area contributed by atoms with Gasteiger partial charge in [0.25, 0.3) is 0 Å². The van der Waals surface area contributed by atoms with Gasteiger partial charge in [-0.05, 0) is 24.3 Å². The predicted octanol–water partition coefficient (Wildman–Crippen LogP) is -2.60. The summed E-state index contributed by atoms with van der Waals surface area (Å²) < 4.78 is 34.4. The highest BCUT2D eigenvalue weighted by Crippen LogP contribution is 2.28. The zero-order chi connectivity index (χ0) is 24.3. The molecule has 1 aromatic carbocycles. The number of aliphatic hydroxyl groups is 3. The molecule has 1 aliphatic rings. The molecule has 0 saturated carbocycles. The average Bonchev–Trinajstić information content (AvgIpc) is 3.23. The Morgan fingerprint density at radius 1 is 1.24 bits per heavy atom. The van der Waals surface area contributed by atoms with E-state index in [2.05, 4.69) is 15.6 Å². The minimum absolute atomic E-state index is 0.0824. The van der Waals surface area contributed by atoms with E-state index in [1.807, 2.05) is 0 Å². The molecule has 2 heterocycles. The molecule has 3 rings (SSSR count). The molecule has 0 spiro atoms. The van der Waals surface area contributed by atoms with E-state index in [0.29, 0.717) is 0 Å². The molecule has 1 aliphatic heterocycles. The molecular weight excluding hydrogens is 462 g/mol. The fourth-order valence-corrected chi connectivity index (χ4v) is 3.74. The lowest BCUT2D eigenvalue weighted by Gasteiger charge is -2.42. The van der Waals surface area contributed by atoms with Gasteiger partial charge in [0.2, 0.25) is 15.9 Å². The van der Waals surface area contributed by atoms with Crippen molar-refractivity contribution in [2.24, 2.45) is 5.14 Å². The molecule has 1 saturated heterocycles. The Labute approximate surface area is 188 Å². The molecule has 0 radical (unpaired) electrons. The summed E-state index contributed by atoms with van der Waals surface area (Å²) in [4.78, 5) is 23.6. The van der Waals surface area contributed by atoms with Crippen LogP contribution in [0.25, 0.3) is 0 Å². The summed E-state index contributed by atoms with van der Waals surface area (Å²) in [5.41, 5.74) is 0.273. The number of nitrogens with zero attached hydrogens (tertiary/aromatic N) is 3. The first-order valence-electron chi connectivity index (χ1n) is 9.61. The molecule has 0 bridgehead atoms. The summed E-state index contributed by atoms with van der Waals surface area (Å²) in [6, 6.07) is 3.72. The molecular formula is C18H23N5O9S. The van der Waals surface area contributed by atoms with E-state index >= 15 is 0 Å². The smallest absolute Gasteiger partial charge is 0.338 e. The first-order chi connectivity index (χ1) is 15.5. The van der Waals surface area contributed by atoms with Crippen LogP contribution in [0, 0.1) is 0 Å². The van der Waals surface area contributed by atoms with Crippen LogP contribution in [0.3, 0.4) is 0 Å². The minimum atomic E-state index is -3.89. The van der Waals surface area contributed by atoms with E-state index < -0.39 is 59.1 Å². The van der Waals surface area contributed by atoms with Crippen LogP contribution in [0.1, 0.15) is 29.2 Å². The third-order valence-corrected chi connectivity index (χ3v) is 5.79. The second-order valence-corrected chi connectivity index (χ2v) is 8.85. The van der Waals surface area contributed by atoms with Crippen molar-refractivity contribution in [1.29, 1.82) is 0 Å². The maximum absolute atomic E-state index is 12.2. The molecule has 6 N–H and O–H groups in total. The third kappa shape index (κ3) is 5.70. The van der Waals surface area contributed by atoms with Crippen molar-refractivity contribution in [1.82, 2.24) is 20.3 Å². The van der Waals surface area contributed by atoms with E-state index in [4.69, 9.17) is 14.6 Å². The number of primary sulfonamides is 1. The summed E-state index contributed by atoms with van der Waals surface area (Å²) in [5.74, 6) is -1.25. The number of benzene rings is 1. The molecule has 15 heteroatoms. The number of hydrogen-bond acceptors (Lipinski definition) is 11. The lowest BCUT2D eigenvalue weighted by Crippen LogP contribution is -2.62. The maximum Gasteiger partial charge on any atom is 0.338 e. The monoisotopic (exact) mass is 485 g/mol. The van der Waals surface area contributed by atoms with Crippen molar-refractivity contribution in [3.63, 3.8) is 0 Å². The van der Waals surface area contributed by atoms with Gasteiger partial charge < -0.3 is 30.1 Å². The van der Waals surface area contributed by atoms with E-state index in [0.717, 1.165) is 4.68 Å². The number of rotatable bonds is 7. The number of nitrogens with one attached hydrogen (secondary N) is 1. The molecule has 5 atom stereocenters. The number of aromatic nitrogens is 3. The molecule has 0 aliphatic carbocycles. The number of carbonyl (C=O) groups is 2. The summed E-state index contributed by atoms with van der Waals surface area (Å²) in [6.45, 7) is 0.322. The van der Waals surface area contributed by atoms with Crippen LogP contribution in [-0.2, 0) is 30.9 Å². The Morgan fingerprint density at radius 3 is 2.48 bits per heavy atom. The lowest BCUT2D eigenvalue weighted by molar-refractivity contribution is -0.219. The van der Waals surface area contributed by atoms with Crippen molar-refractivity contribution >= 4 is 21.9 Å². The lowest BCUT2D eigenvalue weighted by atomic mass is 9.96. The molecule has 1 amide bonds. The fraction of sp³-hybridized carbons (Fsp3) is 0.444. The second kappa shape index (κ2) is 9.90. The van der Waals surface area contributed by atoms with Gasteiger partial charge in [0.05, 0.1) is 23.3 Å². The zero-order valence-corrected chi connectivity index (χ0v) is 18.1. The summed E-state index contributed by atoms with van der Waals surface area (Å²) in [5, 5.41) is 45.0. The minimum Gasteiger partial charge on any atom is -0.455 e. The normalized spacial score (nSPS) is 25.4. The molecule has 1 aromatic heterocycles. The Kier molecular flexibility index (Phi) is 7.41. The van der Waals surface area contributed by atoms with Crippen LogP contribution in [0.4, 0.5) is 0 Å². The quantitative estimate of drug-likeness (QED) is 0.256. The molecule has 2 aromatic rings. The zero-order valence-electron chi connectivity index (χ0n) is 17.3. The van der Waals surface area contributed by atoms with Crippen LogP contribution in [0.15, 0.2) is 35.4 Å². The third-order valence-electron chi connectivity index (χ3n) is 4.86. The Hall–Kier alpha value is -2.95. The summed E-state index contributed by atoms with van der Waals surface area (Å²) in [6.07, 6.45) is -3.83. The van der Waals surface area contributed by atoms with Gasteiger partial charge in [0.15, 0.2) is 6.23 Å². The molecule has 14 nitrogen and oxygen atoms in total. The van der Waals surface area contributed by atoms with Crippen molar-refractivity contribution in [2.75, 3.05) is 6.61 Å². The summed E-state index contributed by atoms with van der Waals surface area (Å²) >= 11 is 0. The van der Waals surface area contributed by atoms with Crippen molar-refractivity contribution in [3.05, 3.63) is 41.7 Å². The standard InChI is InChI=1S/C18H23N5O9S/c1-9(25)20-14-16(27)15(26)13(7-24)32-17(14)23-6-11(21-22-23)8-31-18(28)10-2-4-12(5-3-10)33(19,29)30/h2-6,13-17,24,26-27H,7-8H2,1H3,(H,20,25)(H2,19,29,30)/t13-,14-,15-,16-,17-/m1/s1. The average molecular weight is 485 g/mol. The maximum atomic E-state index is 12.2. The van der Waals surface area contributed by atoms with Gasteiger partial charge in [0, 0.05) is 6.92 Å². The van der Waals surface area contributed by atoms with Crippen LogP contribution in [0.2, 0.25) is 0 Å². The van der Waals surface area contributed by atoms with Crippen LogP contribution < -0.4 is 10.5 Å². The highest BCUT2D eigenvalue weighted by atomic mass is 32.2. The van der Waals surface area contributed by atoms with Crippen molar-refractivity contribution in [2.45, 2.75) is 49.0 Å². The van der Waals surface area contributed by atoms with Gasteiger partial charge in [-0.1, -0.05) is 5.21 Å². The van der Waals surface area contributed by atoms with Gasteiger partial charge in [0.1, 0.15) is 36.7 Å². The molecule has 1 fully saturated rings. The van der Waals surface area contributed by atoms with Gasteiger partial charge in [-0.25, -0.2) is 23.0 Å². The van der Waals surface area contributed by atoms with E-state index in [-0.39, 0.29) is 22.8 Å². The Bertz CT molecular complexity index is 1100. The first-order valence-corrected chi connectivity index (χ1v) is 11.2. The number of sulfonamides is 1.